The van der Waals surface area contributed by atoms with Crippen molar-refractivity contribution >= 4 is 5.69 Å². The van der Waals surface area contributed by atoms with Gasteiger partial charge in [-0.3, -0.25) is 0 Å². The van der Waals surface area contributed by atoms with Crippen LogP contribution in [-0.4, -0.2) is 20.2 Å². The van der Waals surface area contributed by atoms with Crippen molar-refractivity contribution in [2.24, 2.45) is 11.7 Å². The van der Waals surface area contributed by atoms with Crippen molar-refractivity contribution in [2.75, 3.05) is 25.5 Å². The zero-order chi connectivity index (χ0) is 12.8. The number of nitrogens with one attached hydrogen (secondary N) is 1. The van der Waals surface area contributed by atoms with E-state index < -0.39 is 0 Å². The molecule has 0 saturated heterocycles. The van der Waals surface area contributed by atoms with Gasteiger partial charge in [0.2, 0.25) is 0 Å². The van der Waals surface area contributed by atoms with Crippen LogP contribution in [0.3, 0.4) is 0 Å². The fraction of sp³-hybridized carbons (Fsp3) is 0.571. The van der Waals surface area contributed by atoms with E-state index in [2.05, 4.69) is 32.2 Å². The quantitative estimate of drug-likeness (QED) is 0.798. The summed E-state index contributed by atoms with van der Waals surface area (Å²) >= 11 is 0. The van der Waals surface area contributed by atoms with Crippen LogP contribution in [0, 0.1) is 5.92 Å². The number of hydrogen-bond donors (Lipinski definition) is 2. The van der Waals surface area contributed by atoms with E-state index in [-0.39, 0.29) is 0 Å². The topological polar surface area (TPSA) is 47.3 Å². The Morgan fingerprint density at radius 3 is 2.53 bits per heavy atom. The van der Waals surface area contributed by atoms with Crippen LogP contribution in [0.4, 0.5) is 5.69 Å². The van der Waals surface area contributed by atoms with Gasteiger partial charge in [-0.2, -0.15) is 0 Å². The van der Waals surface area contributed by atoms with Crippen molar-refractivity contribution in [3.63, 3.8) is 0 Å². The fourth-order valence-electron chi connectivity index (χ4n) is 1.67. The van der Waals surface area contributed by atoms with Crippen LogP contribution in [0.2, 0.25) is 0 Å². The van der Waals surface area contributed by atoms with Crippen molar-refractivity contribution in [3.05, 3.63) is 23.8 Å². The van der Waals surface area contributed by atoms with Crippen molar-refractivity contribution in [1.82, 2.24) is 0 Å². The van der Waals surface area contributed by atoms with Crippen LogP contribution in [0.15, 0.2) is 18.2 Å². The Bertz CT molecular complexity index is 350. The van der Waals surface area contributed by atoms with Crippen LogP contribution >= 0.6 is 0 Å². The van der Waals surface area contributed by atoms with E-state index in [0.29, 0.717) is 18.4 Å². The highest BCUT2D eigenvalue weighted by atomic mass is 16.5. The number of anilines is 1. The molecule has 0 saturated carbocycles. The molecule has 1 unspecified atom stereocenters. The Balaban J connectivity index is 2.78. The summed E-state index contributed by atoms with van der Waals surface area (Å²) in [5, 5.41) is 3.41. The Hall–Kier alpha value is -1.22. The summed E-state index contributed by atoms with van der Waals surface area (Å²) in [4.78, 5) is 0. The molecule has 0 radical (unpaired) electrons. The van der Waals surface area contributed by atoms with Crippen molar-refractivity contribution < 1.29 is 4.74 Å². The highest BCUT2D eigenvalue weighted by Crippen LogP contribution is 2.29. The summed E-state index contributed by atoms with van der Waals surface area (Å²) in [5.74, 6) is 1.90. The summed E-state index contributed by atoms with van der Waals surface area (Å²) in [5.41, 5.74) is 7.97. The third kappa shape index (κ3) is 3.93. The second-order valence-corrected chi connectivity index (χ2v) is 4.83. The van der Waals surface area contributed by atoms with E-state index in [9.17, 15) is 0 Å². The lowest BCUT2D eigenvalue weighted by molar-refractivity contribution is 0.407. The fourth-order valence-corrected chi connectivity index (χ4v) is 1.67. The van der Waals surface area contributed by atoms with Gasteiger partial charge in [0.25, 0.3) is 0 Å². The molecule has 0 amide bonds. The Morgan fingerprint density at radius 1 is 1.29 bits per heavy atom. The first kappa shape index (κ1) is 13.8. The molecular weight excluding hydrogens is 212 g/mol. The normalized spacial score (nSPS) is 12.6. The van der Waals surface area contributed by atoms with Gasteiger partial charge in [-0.1, -0.05) is 20.8 Å². The van der Waals surface area contributed by atoms with Gasteiger partial charge >= 0.3 is 0 Å². The van der Waals surface area contributed by atoms with Gasteiger partial charge < -0.3 is 15.8 Å². The highest BCUT2D eigenvalue weighted by molar-refractivity contribution is 5.52. The van der Waals surface area contributed by atoms with Crippen molar-refractivity contribution in [3.8, 4) is 5.75 Å². The monoisotopic (exact) mass is 236 g/mol. The summed E-state index contributed by atoms with van der Waals surface area (Å²) in [6.45, 7) is 8.09. The Kier molecular flexibility index (Phi) is 5.29. The lowest BCUT2D eigenvalue weighted by atomic mass is 10.0. The smallest absolute Gasteiger partial charge is 0.122 e. The predicted octanol–water partition coefficient (Wildman–Crippen LogP) is 2.83. The number of ether oxygens (including phenoxy) is 1. The first-order chi connectivity index (χ1) is 8.08. The highest BCUT2D eigenvalue weighted by Gasteiger charge is 2.08. The lowest BCUT2D eigenvalue weighted by Crippen LogP contribution is -2.19. The third-order valence-electron chi connectivity index (χ3n) is 2.91. The van der Waals surface area contributed by atoms with Gasteiger partial charge in [0, 0.05) is 12.2 Å². The molecule has 0 spiro atoms. The average Bonchev–Trinajstić information content (AvgIpc) is 2.35. The van der Waals surface area contributed by atoms with Gasteiger partial charge in [-0.15, -0.1) is 0 Å². The molecule has 0 aliphatic carbocycles. The molecule has 3 N–H and O–H groups in total. The molecule has 17 heavy (non-hydrogen) atoms. The minimum Gasteiger partial charge on any atom is -0.496 e. The molecular formula is C14H24N2O. The standard InChI is InChI=1S/C14H24N2O/c1-10(2)13-7-12(5-6-14(13)17-4)16-9-11(3)8-15/h5-7,10-11,16H,8-9,15H2,1-4H3. The van der Waals surface area contributed by atoms with Crippen LogP contribution in [-0.2, 0) is 0 Å². The zero-order valence-corrected chi connectivity index (χ0v) is 11.3. The molecule has 0 aliphatic heterocycles. The van der Waals surface area contributed by atoms with Gasteiger partial charge in [-0.25, -0.2) is 0 Å². The summed E-state index contributed by atoms with van der Waals surface area (Å²) in [6.07, 6.45) is 0. The molecule has 1 aromatic rings. The molecule has 0 bridgehead atoms. The molecule has 0 aliphatic rings. The molecule has 1 rings (SSSR count). The maximum Gasteiger partial charge on any atom is 0.122 e. The molecule has 1 aromatic carbocycles. The maximum absolute atomic E-state index is 5.60. The van der Waals surface area contributed by atoms with E-state index in [1.807, 2.05) is 12.1 Å². The van der Waals surface area contributed by atoms with Crippen molar-refractivity contribution in [1.29, 1.82) is 0 Å². The van der Waals surface area contributed by atoms with Crippen LogP contribution < -0.4 is 15.8 Å². The molecule has 1 atom stereocenters. The number of rotatable bonds is 6. The van der Waals surface area contributed by atoms with Crippen LogP contribution in [0.25, 0.3) is 0 Å². The summed E-state index contributed by atoms with van der Waals surface area (Å²) in [7, 11) is 1.71. The predicted molar refractivity (Wildman–Crippen MR) is 73.8 cm³/mol. The zero-order valence-electron chi connectivity index (χ0n) is 11.3. The van der Waals surface area contributed by atoms with Gasteiger partial charge in [0.15, 0.2) is 0 Å². The molecule has 0 fully saturated rings. The molecule has 3 nitrogen and oxygen atoms in total. The average molecular weight is 236 g/mol. The second-order valence-electron chi connectivity index (χ2n) is 4.83. The maximum atomic E-state index is 5.60. The van der Waals surface area contributed by atoms with Crippen molar-refractivity contribution in [2.45, 2.75) is 26.7 Å². The van der Waals surface area contributed by atoms with Gasteiger partial charge in [0.05, 0.1) is 7.11 Å². The number of benzene rings is 1. The third-order valence-corrected chi connectivity index (χ3v) is 2.91. The van der Waals surface area contributed by atoms with E-state index >= 15 is 0 Å². The van der Waals surface area contributed by atoms with Crippen LogP contribution in [0.1, 0.15) is 32.3 Å². The Morgan fingerprint density at radius 2 is 2.00 bits per heavy atom. The molecule has 96 valence electrons. The number of nitrogens with two attached hydrogens (primary N) is 1. The molecule has 0 aromatic heterocycles. The minimum absolute atomic E-state index is 0.457. The van der Waals surface area contributed by atoms with E-state index in [1.54, 1.807) is 7.11 Å². The SMILES string of the molecule is COc1ccc(NCC(C)CN)cc1C(C)C. The van der Waals surface area contributed by atoms with Gasteiger partial charge in [0.1, 0.15) is 5.75 Å². The largest absolute Gasteiger partial charge is 0.496 e. The minimum atomic E-state index is 0.457. The van der Waals surface area contributed by atoms with E-state index in [1.165, 1.54) is 5.56 Å². The Labute approximate surface area is 104 Å². The van der Waals surface area contributed by atoms with E-state index in [0.717, 1.165) is 18.0 Å². The number of hydrogen-bond acceptors (Lipinski definition) is 3. The summed E-state index contributed by atoms with van der Waals surface area (Å²) in [6, 6.07) is 6.23. The first-order valence-electron chi connectivity index (χ1n) is 6.20. The molecule has 3 heteroatoms. The van der Waals surface area contributed by atoms with Gasteiger partial charge in [-0.05, 0) is 42.1 Å². The molecule has 0 heterocycles. The van der Waals surface area contributed by atoms with E-state index in [4.69, 9.17) is 10.5 Å². The first-order valence-corrected chi connectivity index (χ1v) is 6.20. The van der Waals surface area contributed by atoms with Crippen LogP contribution in [0.5, 0.6) is 5.75 Å². The lowest BCUT2D eigenvalue weighted by Gasteiger charge is -2.16. The summed E-state index contributed by atoms with van der Waals surface area (Å²) < 4.78 is 5.36. The second kappa shape index (κ2) is 6.50. The number of methoxy groups -OCH3 is 1.